The second kappa shape index (κ2) is 11.8. The Morgan fingerprint density at radius 1 is 0.828 bits per heavy atom. The molecule has 2 aliphatic heterocycles. The Morgan fingerprint density at radius 3 is 2.10 bits per heavy atom. The Kier molecular flexibility index (Phi) is 8.85. The second-order valence-electron chi connectivity index (χ2n) is 8.55. The van der Waals surface area contributed by atoms with Crippen LogP contribution in [0.15, 0.2) is 34.3 Å². The minimum absolute atomic E-state index is 0.335. The molecule has 0 bridgehead atoms. The molecule has 0 fully saturated rings. The highest BCUT2D eigenvalue weighted by atomic mass is 16.1. The standard InChI is InChI=1S/C26H36N2O/c1-21(29)15-12-10-8-6-4-2-3-5-7-9-11-13-16-22-17-14-18-24-25(22)23-19-20-27-26(23)28-24/h14,17-20H,2-13,15-16H2,1H3. The molecule has 0 amide bonds. The highest BCUT2D eigenvalue weighted by Crippen LogP contribution is 2.39. The third-order valence-electron chi connectivity index (χ3n) is 6.03. The zero-order valence-electron chi connectivity index (χ0n) is 18.1. The predicted molar refractivity (Wildman–Crippen MR) is 124 cm³/mol. The average molecular weight is 393 g/mol. The fourth-order valence-corrected chi connectivity index (χ4v) is 4.38. The molecule has 0 spiro atoms. The van der Waals surface area contributed by atoms with Crippen LogP contribution < -0.4 is 0 Å². The van der Waals surface area contributed by atoms with Gasteiger partial charge >= 0.3 is 0 Å². The number of carbonyl (C=O) groups is 1. The van der Waals surface area contributed by atoms with Crippen LogP contribution in [-0.4, -0.2) is 17.8 Å². The number of unbranched alkanes of at least 4 members (excludes halogenated alkanes) is 11. The van der Waals surface area contributed by atoms with Crippen molar-refractivity contribution in [3.8, 4) is 0 Å². The zero-order valence-corrected chi connectivity index (χ0v) is 18.1. The van der Waals surface area contributed by atoms with Gasteiger partial charge in [0.1, 0.15) is 5.78 Å². The number of ketones is 1. The number of carbonyl (C=O) groups excluding carboxylic acids is 1. The first-order chi connectivity index (χ1) is 14.3. The number of benzene rings is 1. The fraction of sp³-hybridized carbons (Fsp3) is 0.577. The number of aryl methyl sites for hydroxylation is 1. The molecule has 0 unspecified atom stereocenters. The van der Waals surface area contributed by atoms with E-state index in [-0.39, 0.29) is 0 Å². The lowest BCUT2D eigenvalue weighted by molar-refractivity contribution is -0.117. The van der Waals surface area contributed by atoms with E-state index in [9.17, 15) is 4.79 Å². The maximum atomic E-state index is 10.9. The van der Waals surface area contributed by atoms with Crippen molar-refractivity contribution in [1.29, 1.82) is 0 Å². The molecule has 3 rings (SSSR count). The maximum Gasteiger partial charge on any atom is 0.160 e. The molecule has 0 radical (unpaired) electrons. The summed E-state index contributed by atoms with van der Waals surface area (Å²) in [7, 11) is 0. The van der Waals surface area contributed by atoms with Crippen molar-refractivity contribution >= 4 is 29.1 Å². The molecule has 0 aliphatic carbocycles. The van der Waals surface area contributed by atoms with Crippen LogP contribution >= 0.6 is 0 Å². The van der Waals surface area contributed by atoms with Crippen LogP contribution in [0.5, 0.6) is 0 Å². The van der Waals surface area contributed by atoms with Gasteiger partial charge in [0.25, 0.3) is 0 Å². The molecule has 3 nitrogen and oxygen atoms in total. The number of nitrogens with zero attached hydrogens (tertiary/aromatic N) is 2. The number of hydrogen-bond acceptors (Lipinski definition) is 3. The molecule has 156 valence electrons. The van der Waals surface area contributed by atoms with Gasteiger partial charge in [-0.3, -0.25) is 0 Å². The molecule has 3 heteroatoms. The lowest BCUT2D eigenvalue weighted by Crippen LogP contribution is -1.94. The van der Waals surface area contributed by atoms with Gasteiger partial charge in [-0.2, -0.15) is 0 Å². The Morgan fingerprint density at radius 2 is 1.45 bits per heavy atom. The Bertz CT molecular complexity index is 773. The molecule has 2 heterocycles. The summed E-state index contributed by atoms with van der Waals surface area (Å²) in [5.41, 5.74) is 5.07. The minimum Gasteiger partial charge on any atom is -0.300 e. The highest BCUT2D eigenvalue weighted by Gasteiger charge is 2.24. The number of amidine groups is 1. The number of allylic oxidation sites excluding steroid dienone is 1. The number of aliphatic imine (C=N–C) groups is 2. The first kappa shape index (κ1) is 21.7. The number of hydrogen-bond donors (Lipinski definition) is 0. The first-order valence-corrected chi connectivity index (χ1v) is 11.7. The van der Waals surface area contributed by atoms with Crippen molar-refractivity contribution < 1.29 is 4.79 Å². The van der Waals surface area contributed by atoms with Crippen LogP contribution in [0.4, 0.5) is 5.69 Å². The van der Waals surface area contributed by atoms with E-state index in [0.717, 1.165) is 30.8 Å². The molecule has 29 heavy (non-hydrogen) atoms. The van der Waals surface area contributed by atoms with Crippen LogP contribution in [0.25, 0.3) is 5.57 Å². The van der Waals surface area contributed by atoms with Crippen LogP contribution in [0, 0.1) is 0 Å². The molecular weight excluding hydrogens is 356 g/mol. The fourth-order valence-electron chi connectivity index (χ4n) is 4.38. The molecule has 0 saturated carbocycles. The Balaban J connectivity index is 1.18. The van der Waals surface area contributed by atoms with E-state index in [1.807, 2.05) is 6.21 Å². The SMILES string of the molecule is CC(=O)CCCCCCCCCCCCCCc1cccc2c1C1=CC=NC1=N2. The normalized spacial score (nSPS) is 14.0. The van der Waals surface area contributed by atoms with Gasteiger partial charge in [-0.05, 0) is 43.9 Å². The number of Topliss-reactive ketones (excluding diaryl/α,β-unsaturated/α-hetero) is 1. The second-order valence-corrected chi connectivity index (χ2v) is 8.55. The van der Waals surface area contributed by atoms with Crippen molar-refractivity contribution in [1.82, 2.24) is 0 Å². The van der Waals surface area contributed by atoms with E-state index in [1.54, 1.807) is 6.92 Å². The quantitative estimate of drug-likeness (QED) is 0.287. The number of rotatable bonds is 15. The van der Waals surface area contributed by atoms with E-state index >= 15 is 0 Å². The lowest BCUT2D eigenvalue weighted by Gasteiger charge is -2.08. The molecule has 0 N–H and O–H groups in total. The lowest BCUT2D eigenvalue weighted by atomic mass is 9.95. The van der Waals surface area contributed by atoms with Crippen LogP contribution in [0.2, 0.25) is 0 Å². The van der Waals surface area contributed by atoms with Crippen LogP contribution in [0.3, 0.4) is 0 Å². The van der Waals surface area contributed by atoms with Gasteiger partial charge in [-0.15, -0.1) is 0 Å². The maximum absolute atomic E-state index is 10.9. The molecule has 0 aromatic heterocycles. The minimum atomic E-state index is 0.335. The van der Waals surface area contributed by atoms with E-state index in [0.29, 0.717) is 5.78 Å². The van der Waals surface area contributed by atoms with Gasteiger partial charge in [-0.25, -0.2) is 9.98 Å². The summed E-state index contributed by atoms with van der Waals surface area (Å²) >= 11 is 0. The number of fused-ring (bicyclic) bond motifs is 3. The van der Waals surface area contributed by atoms with E-state index in [2.05, 4.69) is 34.3 Å². The van der Waals surface area contributed by atoms with Gasteiger partial charge in [0.2, 0.25) is 0 Å². The van der Waals surface area contributed by atoms with Gasteiger partial charge in [0.15, 0.2) is 5.84 Å². The zero-order chi connectivity index (χ0) is 20.3. The van der Waals surface area contributed by atoms with Crippen molar-refractivity contribution in [3.63, 3.8) is 0 Å². The Labute approximate surface area is 176 Å². The van der Waals surface area contributed by atoms with Crippen molar-refractivity contribution in [3.05, 3.63) is 35.4 Å². The topological polar surface area (TPSA) is 41.8 Å². The van der Waals surface area contributed by atoms with Gasteiger partial charge in [0.05, 0.1) is 5.69 Å². The summed E-state index contributed by atoms with van der Waals surface area (Å²) in [6.07, 6.45) is 21.6. The third-order valence-corrected chi connectivity index (χ3v) is 6.03. The monoisotopic (exact) mass is 392 g/mol. The summed E-state index contributed by atoms with van der Waals surface area (Å²) in [5.74, 6) is 1.23. The van der Waals surface area contributed by atoms with Crippen molar-refractivity contribution in [2.45, 2.75) is 96.8 Å². The summed E-state index contributed by atoms with van der Waals surface area (Å²) in [6, 6.07) is 6.50. The largest absolute Gasteiger partial charge is 0.300 e. The van der Waals surface area contributed by atoms with Crippen molar-refractivity contribution in [2.24, 2.45) is 9.98 Å². The predicted octanol–water partition coefficient (Wildman–Crippen LogP) is 7.40. The molecule has 0 saturated heterocycles. The first-order valence-electron chi connectivity index (χ1n) is 11.7. The van der Waals surface area contributed by atoms with E-state index < -0.39 is 0 Å². The molecule has 1 aromatic rings. The third kappa shape index (κ3) is 6.76. The smallest absolute Gasteiger partial charge is 0.160 e. The molecular formula is C26H36N2O. The molecule has 0 atom stereocenters. The van der Waals surface area contributed by atoms with Gasteiger partial charge in [-0.1, -0.05) is 76.3 Å². The van der Waals surface area contributed by atoms with Crippen LogP contribution in [0.1, 0.15) is 102 Å². The summed E-state index contributed by atoms with van der Waals surface area (Å²) < 4.78 is 0. The molecule has 1 aromatic carbocycles. The van der Waals surface area contributed by atoms with Crippen molar-refractivity contribution in [2.75, 3.05) is 0 Å². The average Bonchev–Trinajstić information content (AvgIpc) is 3.29. The van der Waals surface area contributed by atoms with Gasteiger partial charge < -0.3 is 4.79 Å². The van der Waals surface area contributed by atoms with Gasteiger partial charge in [0, 0.05) is 23.8 Å². The molecule has 2 aliphatic rings. The van der Waals surface area contributed by atoms with E-state index in [1.165, 1.54) is 87.3 Å². The van der Waals surface area contributed by atoms with Crippen LogP contribution in [-0.2, 0) is 11.2 Å². The summed E-state index contributed by atoms with van der Waals surface area (Å²) in [4.78, 5) is 19.9. The summed E-state index contributed by atoms with van der Waals surface area (Å²) in [6.45, 7) is 1.70. The van der Waals surface area contributed by atoms with E-state index in [4.69, 9.17) is 0 Å². The highest BCUT2D eigenvalue weighted by molar-refractivity contribution is 6.35. The summed E-state index contributed by atoms with van der Waals surface area (Å²) in [5, 5.41) is 0. The Hall–Kier alpha value is -2.03.